The lowest BCUT2D eigenvalue weighted by Crippen LogP contribution is -2.56. The summed E-state index contributed by atoms with van der Waals surface area (Å²) in [4.78, 5) is 49.5. The van der Waals surface area contributed by atoms with Gasteiger partial charge in [-0.2, -0.15) is 0 Å². The molecule has 178 valence electrons. The summed E-state index contributed by atoms with van der Waals surface area (Å²) in [5.41, 5.74) is 11.2. The Labute approximate surface area is 189 Å². The minimum atomic E-state index is -1.09. The van der Waals surface area contributed by atoms with E-state index in [-0.39, 0.29) is 25.2 Å². The van der Waals surface area contributed by atoms with E-state index in [1.54, 1.807) is 34.6 Å². The number of rotatable bonds is 11. The van der Waals surface area contributed by atoms with Crippen LogP contribution in [-0.4, -0.2) is 47.4 Å². The number of primary amides is 1. The fraction of sp³-hybridized carbons (Fsp3) is 0.565. The molecule has 0 aliphatic heterocycles. The van der Waals surface area contributed by atoms with Crippen LogP contribution in [0.15, 0.2) is 30.3 Å². The Morgan fingerprint density at radius 2 is 1.53 bits per heavy atom. The van der Waals surface area contributed by atoms with E-state index < -0.39 is 47.4 Å². The van der Waals surface area contributed by atoms with Crippen molar-refractivity contribution >= 4 is 23.7 Å². The normalized spacial score (nSPS) is 14.2. The molecule has 0 aliphatic rings. The average Bonchev–Trinajstić information content (AvgIpc) is 2.68. The molecule has 32 heavy (non-hydrogen) atoms. The maximum atomic E-state index is 13.1. The number of nitrogens with one attached hydrogen (secondary N) is 2. The minimum Gasteiger partial charge on any atom is -0.458 e. The molecular formula is C23H36N4O5. The molecule has 1 aromatic carbocycles. The van der Waals surface area contributed by atoms with Crippen LogP contribution in [0.5, 0.6) is 0 Å². The van der Waals surface area contributed by atoms with Gasteiger partial charge in [0.1, 0.15) is 17.7 Å². The van der Waals surface area contributed by atoms with Gasteiger partial charge in [-0.05, 0) is 38.7 Å². The number of nitrogens with two attached hydrogens (primary N) is 2. The van der Waals surface area contributed by atoms with Gasteiger partial charge in [-0.1, -0.05) is 44.2 Å². The number of amides is 3. The van der Waals surface area contributed by atoms with E-state index >= 15 is 0 Å². The molecule has 0 bridgehead atoms. The molecule has 9 heteroatoms. The van der Waals surface area contributed by atoms with Gasteiger partial charge in [-0.25, -0.2) is 4.79 Å². The summed E-state index contributed by atoms with van der Waals surface area (Å²) in [6.45, 7) is 8.70. The third-order valence-electron chi connectivity index (χ3n) is 4.62. The molecule has 1 rings (SSSR count). The second-order valence-corrected chi connectivity index (χ2v) is 9.12. The molecule has 1 aromatic rings. The number of carbonyl (C=O) groups excluding carboxylic acids is 4. The molecular weight excluding hydrogens is 412 g/mol. The number of esters is 1. The first-order valence-corrected chi connectivity index (χ1v) is 10.7. The number of benzene rings is 1. The number of hydrogen-bond acceptors (Lipinski definition) is 6. The Bertz CT molecular complexity index is 789. The maximum Gasteiger partial charge on any atom is 0.329 e. The van der Waals surface area contributed by atoms with Gasteiger partial charge in [0.25, 0.3) is 0 Å². The van der Waals surface area contributed by atoms with Crippen molar-refractivity contribution in [1.29, 1.82) is 0 Å². The zero-order chi connectivity index (χ0) is 24.5. The van der Waals surface area contributed by atoms with E-state index in [2.05, 4.69) is 10.6 Å². The van der Waals surface area contributed by atoms with E-state index in [4.69, 9.17) is 16.2 Å². The summed E-state index contributed by atoms with van der Waals surface area (Å²) in [7, 11) is 0. The van der Waals surface area contributed by atoms with Crippen LogP contribution in [0.3, 0.4) is 0 Å². The van der Waals surface area contributed by atoms with Gasteiger partial charge in [0.2, 0.25) is 17.7 Å². The fourth-order valence-electron chi connectivity index (χ4n) is 2.81. The first-order valence-electron chi connectivity index (χ1n) is 10.7. The van der Waals surface area contributed by atoms with Gasteiger partial charge < -0.3 is 26.8 Å². The van der Waals surface area contributed by atoms with Crippen LogP contribution in [-0.2, 0) is 30.3 Å². The average molecular weight is 449 g/mol. The van der Waals surface area contributed by atoms with E-state index in [1.807, 2.05) is 30.3 Å². The molecule has 0 spiro atoms. The van der Waals surface area contributed by atoms with Gasteiger partial charge in [0.15, 0.2) is 0 Å². The van der Waals surface area contributed by atoms with Crippen molar-refractivity contribution in [2.24, 2.45) is 17.4 Å². The molecule has 0 saturated heterocycles. The highest BCUT2D eigenvalue weighted by Gasteiger charge is 2.31. The third kappa shape index (κ3) is 9.91. The molecule has 0 heterocycles. The minimum absolute atomic E-state index is 0.0203. The summed E-state index contributed by atoms with van der Waals surface area (Å²) in [5.74, 6) is -2.47. The van der Waals surface area contributed by atoms with Crippen molar-refractivity contribution in [1.82, 2.24) is 10.6 Å². The second kappa shape index (κ2) is 12.2. The lowest BCUT2D eigenvalue weighted by molar-refractivity contribution is -0.159. The van der Waals surface area contributed by atoms with Crippen LogP contribution in [0.25, 0.3) is 0 Å². The fourth-order valence-corrected chi connectivity index (χ4v) is 2.81. The Hall–Kier alpha value is -2.94. The summed E-state index contributed by atoms with van der Waals surface area (Å²) in [6, 6.07) is 6.27. The lowest BCUT2D eigenvalue weighted by Gasteiger charge is -2.27. The van der Waals surface area contributed by atoms with Crippen molar-refractivity contribution in [3.05, 3.63) is 35.9 Å². The molecule has 3 amide bonds. The monoisotopic (exact) mass is 448 g/mol. The van der Waals surface area contributed by atoms with Crippen molar-refractivity contribution in [3.8, 4) is 0 Å². The molecule has 0 aromatic heterocycles. The van der Waals surface area contributed by atoms with Crippen LogP contribution in [0.4, 0.5) is 0 Å². The number of carbonyl (C=O) groups is 4. The summed E-state index contributed by atoms with van der Waals surface area (Å²) in [6.07, 6.45) is 0.0612. The zero-order valence-electron chi connectivity index (χ0n) is 19.5. The molecule has 0 radical (unpaired) electrons. The Morgan fingerprint density at radius 1 is 0.969 bits per heavy atom. The molecule has 0 saturated carbocycles. The van der Waals surface area contributed by atoms with Gasteiger partial charge in [-0.15, -0.1) is 0 Å². The van der Waals surface area contributed by atoms with Gasteiger partial charge in [-0.3, -0.25) is 14.4 Å². The van der Waals surface area contributed by atoms with Crippen molar-refractivity contribution < 1.29 is 23.9 Å². The van der Waals surface area contributed by atoms with Crippen LogP contribution >= 0.6 is 0 Å². The van der Waals surface area contributed by atoms with Crippen LogP contribution in [0.1, 0.15) is 53.0 Å². The predicted octanol–water partition coefficient (Wildman–Crippen LogP) is 0.789. The van der Waals surface area contributed by atoms with Crippen LogP contribution in [0.2, 0.25) is 0 Å². The molecule has 0 fully saturated rings. The van der Waals surface area contributed by atoms with Crippen LogP contribution in [0, 0.1) is 5.92 Å². The van der Waals surface area contributed by atoms with Gasteiger partial charge >= 0.3 is 5.97 Å². The first kappa shape index (κ1) is 27.1. The lowest BCUT2D eigenvalue weighted by atomic mass is 10.0. The van der Waals surface area contributed by atoms with Crippen molar-refractivity contribution in [3.63, 3.8) is 0 Å². The molecule has 9 nitrogen and oxygen atoms in total. The largest absolute Gasteiger partial charge is 0.458 e. The number of hydrogen-bond donors (Lipinski definition) is 4. The maximum absolute atomic E-state index is 13.1. The summed E-state index contributed by atoms with van der Waals surface area (Å²) in [5, 5.41) is 5.30. The second-order valence-electron chi connectivity index (χ2n) is 9.12. The highest BCUT2D eigenvalue weighted by molar-refractivity contribution is 5.92. The Balaban J connectivity index is 3.07. The summed E-state index contributed by atoms with van der Waals surface area (Å²) < 4.78 is 5.37. The topological polar surface area (TPSA) is 154 Å². The van der Waals surface area contributed by atoms with Crippen molar-refractivity contribution in [2.75, 3.05) is 0 Å². The Kier molecular flexibility index (Phi) is 10.3. The van der Waals surface area contributed by atoms with Gasteiger partial charge in [0.05, 0.1) is 6.04 Å². The zero-order valence-corrected chi connectivity index (χ0v) is 19.5. The van der Waals surface area contributed by atoms with Crippen LogP contribution < -0.4 is 22.1 Å². The molecule has 0 aliphatic carbocycles. The highest BCUT2D eigenvalue weighted by atomic mass is 16.6. The van der Waals surface area contributed by atoms with E-state index in [1.165, 1.54) is 0 Å². The standard InChI is InChI=1S/C23H36N4O5/c1-14(2)19(25)21(30)27-17(13-15-9-7-6-8-10-15)20(29)26-16(11-12-18(24)28)22(31)32-23(3,4)5/h6-10,14,16-17,19H,11-13,25H2,1-5H3,(H2,24,28)(H,26,29)(H,27,30)/t16-,17-,19-/m0/s1. The quantitative estimate of drug-likeness (QED) is 0.367. The molecule has 0 unspecified atom stereocenters. The molecule has 3 atom stereocenters. The first-order chi connectivity index (χ1) is 14.8. The highest BCUT2D eigenvalue weighted by Crippen LogP contribution is 2.12. The van der Waals surface area contributed by atoms with Gasteiger partial charge in [0, 0.05) is 12.8 Å². The smallest absolute Gasteiger partial charge is 0.329 e. The number of ether oxygens (including phenoxy) is 1. The van der Waals surface area contributed by atoms with Crippen molar-refractivity contribution in [2.45, 2.75) is 77.6 Å². The molecule has 6 N–H and O–H groups in total. The predicted molar refractivity (Wildman–Crippen MR) is 121 cm³/mol. The van der Waals surface area contributed by atoms with E-state index in [0.717, 1.165) is 5.56 Å². The summed E-state index contributed by atoms with van der Waals surface area (Å²) >= 11 is 0. The third-order valence-corrected chi connectivity index (χ3v) is 4.62. The van der Waals surface area contributed by atoms with E-state index in [0.29, 0.717) is 0 Å². The Morgan fingerprint density at radius 3 is 2.03 bits per heavy atom. The SMILES string of the molecule is CC(C)[C@H](N)C(=O)N[C@@H](Cc1ccccc1)C(=O)N[C@@H](CCC(N)=O)C(=O)OC(C)(C)C. The van der Waals surface area contributed by atoms with E-state index in [9.17, 15) is 19.2 Å².